The van der Waals surface area contributed by atoms with Crippen molar-refractivity contribution < 1.29 is 4.79 Å². The van der Waals surface area contributed by atoms with Gasteiger partial charge in [0.05, 0.1) is 17.9 Å². The van der Waals surface area contributed by atoms with Gasteiger partial charge in [-0.15, -0.1) is 0 Å². The van der Waals surface area contributed by atoms with Crippen molar-refractivity contribution in [1.29, 1.82) is 0 Å². The lowest BCUT2D eigenvalue weighted by Crippen LogP contribution is -2.24. The topological polar surface area (TPSA) is 34.0 Å². The van der Waals surface area contributed by atoms with E-state index < -0.39 is 0 Å². The van der Waals surface area contributed by atoms with Crippen LogP contribution in [0.1, 0.15) is 16.8 Å². The van der Waals surface area contributed by atoms with Gasteiger partial charge in [-0.1, -0.05) is 43.5 Å². The molecule has 0 atom stereocenters. The summed E-state index contributed by atoms with van der Waals surface area (Å²) in [6.07, 6.45) is 6.53. The van der Waals surface area contributed by atoms with E-state index in [0.717, 1.165) is 29.9 Å². The second-order valence-corrected chi connectivity index (χ2v) is 6.49. The highest BCUT2D eigenvalue weighted by Gasteiger charge is 2.24. The molecule has 4 rings (SSSR count). The number of carbonyl (C=O) groups is 1. The summed E-state index contributed by atoms with van der Waals surface area (Å²) < 4.78 is 2.22. The molecule has 120 valence electrons. The predicted molar refractivity (Wildman–Crippen MR) is 98.8 cm³/mol. The van der Waals surface area contributed by atoms with E-state index in [-0.39, 0.29) is 5.78 Å². The van der Waals surface area contributed by atoms with Crippen LogP contribution in [0, 0.1) is 6.92 Å². The van der Waals surface area contributed by atoms with Crippen molar-refractivity contribution >= 4 is 22.4 Å². The molecule has 0 bridgehead atoms. The van der Waals surface area contributed by atoms with Crippen LogP contribution in [0.2, 0.25) is 0 Å². The minimum atomic E-state index is 0.0233. The van der Waals surface area contributed by atoms with Gasteiger partial charge < -0.3 is 9.88 Å². The molecule has 3 nitrogen and oxygen atoms in total. The molecule has 2 aliphatic rings. The molecule has 1 aliphatic carbocycles. The average Bonchev–Trinajstić information content (AvgIpc) is 2.86. The van der Waals surface area contributed by atoms with Crippen LogP contribution < -0.4 is 5.32 Å². The van der Waals surface area contributed by atoms with Crippen LogP contribution in [-0.2, 0) is 17.8 Å². The molecular weight excluding hydrogens is 296 g/mol. The van der Waals surface area contributed by atoms with Gasteiger partial charge in [0.15, 0.2) is 5.78 Å². The van der Waals surface area contributed by atoms with E-state index in [9.17, 15) is 4.79 Å². The number of benzene rings is 1. The summed E-state index contributed by atoms with van der Waals surface area (Å²) in [6, 6.07) is 6.53. The van der Waals surface area contributed by atoms with Crippen molar-refractivity contribution in [3.05, 3.63) is 77.6 Å². The largest absolute Gasteiger partial charge is 0.383 e. The lowest BCUT2D eigenvalue weighted by Gasteiger charge is -2.21. The summed E-state index contributed by atoms with van der Waals surface area (Å²) in [5, 5.41) is 4.62. The molecule has 2 aromatic rings. The van der Waals surface area contributed by atoms with Gasteiger partial charge in [-0.2, -0.15) is 0 Å². The number of fused-ring (bicyclic) bond motifs is 3. The predicted octanol–water partition coefficient (Wildman–Crippen LogP) is 3.69. The lowest BCUT2D eigenvalue weighted by atomic mass is 9.99. The van der Waals surface area contributed by atoms with E-state index in [4.69, 9.17) is 0 Å². The number of ketones is 1. The third kappa shape index (κ3) is 2.16. The number of carbonyl (C=O) groups excluding carboxylic acids is 1. The second kappa shape index (κ2) is 5.38. The fourth-order valence-electron chi connectivity index (χ4n) is 3.65. The summed E-state index contributed by atoms with van der Waals surface area (Å²) in [6.45, 7) is 11.6. The van der Waals surface area contributed by atoms with Gasteiger partial charge in [0.2, 0.25) is 0 Å². The summed E-state index contributed by atoms with van der Waals surface area (Å²) in [5.74, 6) is 0.0233. The van der Waals surface area contributed by atoms with Gasteiger partial charge in [-0.3, -0.25) is 4.79 Å². The van der Waals surface area contributed by atoms with Crippen molar-refractivity contribution in [2.75, 3.05) is 6.54 Å². The quantitative estimate of drug-likeness (QED) is 0.858. The number of allylic oxidation sites excluding steroid dienone is 5. The number of nitrogens with one attached hydrogen (secondary N) is 1. The number of aromatic nitrogens is 1. The Bertz CT molecular complexity index is 969. The van der Waals surface area contributed by atoms with Crippen molar-refractivity contribution in [2.45, 2.75) is 19.9 Å². The molecular formula is C21H20N2O. The third-order valence-corrected chi connectivity index (χ3v) is 4.83. The van der Waals surface area contributed by atoms with E-state index >= 15 is 0 Å². The van der Waals surface area contributed by atoms with E-state index in [0.29, 0.717) is 12.1 Å². The SMILES string of the molecule is C=C1C=CC=C(Cn2c3c(c4ccc(C)cc42)CCNC3=C)C1=O. The van der Waals surface area contributed by atoms with Gasteiger partial charge in [-0.05, 0) is 30.5 Å². The molecule has 1 aromatic carbocycles. The first kappa shape index (κ1) is 14.8. The third-order valence-electron chi connectivity index (χ3n) is 4.83. The first-order chi connectivity index (χ1) is 11.6. The number of nitrogens with zero attached hydrogens (tertiary/aromatic N) is 1. The van der Waals surface area contributed by atoms with Crippen LogP contribution in [0.4, 0.5) is 0 Å². The van der Waals surface area contributed by atoms with Crippen molar-refractivity contribution in [1.82, 2.24) is 9.88 Å². The van der Waals surface area contributed by atoms with Gasteiger partial charge >= 0.3 is 0 Å². The minimum Gasteiger partial charge on any atom is -0.383 e. The number of rotatable bonds is 2. The van der Waals surface area contributed by atoms with E-state index in [1.165, 1.54) is 22.0 Å². The van der Waals surface area contributed by atoms with Crippen LogP contribution in [-0.4, -0.2) is 16.9 Å². The van der Waals surface area contributed by atoms with Gasteiger partial charge in [0.25, 0.3) is 0 Å². The second-order valence-electron chi connectivity index (χ2n) is 6.49. The first-order valence-electron chi connectivity index (χ1n) is 8.22. The Morgan fingerprint density at radius 2 is 2.12 bits per heavy atom. The highest BCUT2D eigenvalue weighted by Crippen LogP contribution is 2.34. The zero-order valence-corrected chi connectivity index (χ0v) is 13.9. The standard InChI is InChI=1S/C21H20N2O/c1-13-7-8-17-18-9-10-22-15(3)20(18)23(19(17)11-13)12-16-6-4-5-14(2)21(16)24/h4-8,11,22H,2-3,9-10,12H2,1H3. The Morgan fingerprint density at radius 3 is 2.96 bits per heavy atom. The molecule has 0 saturated heterocycles. The van der Waals surface area contributed by atoms with E-state index in [2.05, 4.69) is 48.2 Å². The first-order valence-corrected chi connectivity index (χ1v) is 8.22. The van der Waals surface area contributed by atoms with Crippen LogP contribution in [0.5, 0.6) is 0 Å². The number of Topliss-reactive ketones (excluding diaryl/α,β-unsaturated/α-hetero) is 1. The molecule has 0 spiro atoms. The van der Waals surface area contributed by atoms with Gasteiger partial charge in [0, 0.05) is 28.6 Å². The van der Waals surface area contributed by atoms with Crippen LogP contribution in [0.15, 0.2) is 60.7 Å². The monoisotopic (exact) mass is 316 g/mol. The molecule has 0 fully saturated rings. The van der Waals surface area contributed by atoms with Crippen molar-refractivity contribution in [2.24, 2.45) is 0 Å². The minimum absolute atomic E-state index is 0.0233. The molecule has 0 amide bonds. The zero-order chi connectivity index (χ0) is 16.8. The zero-order valence-electron chi connectivity index (χ0n) is 13.9. The molecule has 1 aliphatic heterocycles. The molecule has 1 aromatic heterocycles. The van der Waals surface area contributed by atoms with Crippen molar-refractivity contribution in [3.8, 4) is 0 Å². The highest BCUT2D eigenvalue weighted by molar-refractivity contribution is 6.11. The maximum absolute atomic E-state index is 12.4. The molecule has 0 unspecified atom stereocenters. The van der Waals surface area contributed by atoms with E-state index in [1.807, 2.05) is 12.2 Å². The molecule has 2 heterocycles. The molecule has 3 heteroatoms. The lowest BCUT2D eigenvalue weighted by molar-refractivity contribution is -0.112. The van der Waals surface area contributed by atoms with Crippen LogP contribution >= 0.6 is 0 Å². The molecule has 1 N–H and O–H groups in total. The Labute approximate surface area is 141 Å². The van der Waals surface area contributed by atoms with E-state index in [1.54, 1.807) is 6.08 Å². The Kier molecular flexibility index (Phi) is 3.31. The van der Waals surface area contributed by atoms with Crippen molar-refractivity contribution in [3.63, 3.8) is 0 Å². The molecule has 24 heavy (non-hydrogen) atoms. The smallest absolute Gasteiger partial charge is 0.190 e. The Hall–Kier alpha value is -2.81. The average molecular weight is 316 g/mol. The van der Waals surface area contributed by atoms with Crippen LogP contribution in [0.25, 0.3) is 16.6 Å². The summed E-state index contributed by atoms with van der Waals surface area (Å²) >= 11 is 0. The Balaban J connectivity index is 1.93. The summed E-state index contributed by atoms with van der Waals surface area (Å²) in [4.78, 5) is 12.4. The number of hydrogen-bond donors (Lipinski definition) is 1. The molecule has 0 radical (unpaired) electrons. The van der Waals surface area contributed by atoms with Crippen LogP contribution in [0.3, 0.4) is 0 Å². The summed E-state index contributed by atoms with van der Waals surface area (Å²) in [7, 11) is 0. The fraction of sp³-hybridized carbons (Fsp3) is 0.190. The molecule has 0 saturated carbocycles. The number of aryl methyl sites for hydroxylation is 1. The summed E-state index contributed by atoms with van der Waals surface area (Å²) in [5.41, 5.74) is 7.07. The fourth-order valence-corrected chi connectivity index (χ4v) is 3.65. The maximum atomic E-state index is 12.4. The van der Waals surface area contributed by atoms with Gasteiger partial charge in [0.1, 0.15) is 0 Å². The van der Waals surface area contributed by atoms with Gasteiger partial charge in [-0.25, -0.2) is 0 Å². The number of hydrogen-bond acceptors (Lipinski definition) is 2. The highest BCUT2D eigenvalue weighted by atomic mass is 16.1. The maximum Gasteiger partial charge on any atom is 0.190 e. The Morgan fingerprint density at radius 1 is 1.29 bits per heavy atom. The normalized spacial score (nSPS) is 17.0.